The van der Waals surface area contributed by atoms with Crippen LogP contribution in [0.2, 0.25) is 5.02 Å². The molecule has 2 aromatic heterocycles. The zero-order valence-corrected chi connectivity index (χ0v) is 17.5. The first-order valence-corrected chi connectivity index (χ1v) is 10.1. The van der Waals surface area contributed by atoms with Crippen molar-refractivity contribution in [3.8, 4) is 11.7 Å². The van der Waals surface area contributed by atoms with E-state index in [0.29, 0.717) is 50.3 Å². The van der Waals surface area contributed by atoms with Crippen LogP contribution >= 0.6 is 11.6 Å². The average molecular weight is 470 g/mol. The van der Waals surface area contributed by atoms with Crippen molar-refractivity contribution in [3.05, 3.63) is 53.1 Å². The summed E-state index contributed by atoms with van der Waals surface area (Å²) in [6.45, 7) is 3.11. The van der Waals surface area contributed by atoms with Crippen LogP contribution in [0.15, 0.2) is 45.4 Å². The molecule has 12 heteroatoms. The molecule has 3 heterocycles. The van der Waals surface area contributed by atoms with Crippen molar-refractivity contribution in [1.29, 1.82) is 0 Å². The number of rotatable bonds is 6. The van der Waals surface area contributed by atoms with Crippen molar-refractivity contribution in [1.82, 2.24) is 20.0 Å². The minimum absolute atomic E-state index is 0.0501. The fraction of sp³-hybridized carbons (Fsp3) is 0.350. The second-order valence-corrected chi connectivity index (χ2v) is 7.68. The molecule has 1 aromatic carbocycles. The Morgan fingerprint density at radius 3 is 2.56 bits per heavy atom. The van der Waals surface area contributed by atoms with E-state index >= 15 is 0 Å². The van der Waals surface area contributed by atoms with Crippen LogP contribution in [-0.4, -0.2) is 58.6 Å². The van der Waals surface area contributed by atoms with E-state index in [1.165, 1.54) is 12.3 Å². The number of hydrogen-bond acceptors (Lipinski definition) is 7. The van der Waals surface area contributed by atoms with Crippen molar-refractivity contribution < 1.29 is 26.8 Å². The van der Waals surface area contributed by atoms with Gasteiger partial charge in [-0.2, -0.15) is 13.2 Å². The third-order valence-electron chi connectivity index (χ3n) is 4.95. The number of alkyl halides is 3. The van der Waals surface area contributed by atoms with Gasteiger partial charge in [0, 0.05) is 31.9 Å². The summed E-state index contributed by atoms with van der Waals surface area (Å²) >= 11 is 5.61. The summed E-state index contributed by atoms with van der Waals surface area (Å²) in [5.74, 6) is 0.887. The molecule has 0 bridgehead atoms. The van der Waals surface area contributed by atoms with Gasteiger partial charge in [0.2, 0.25) is 11.8 Å². The summed E-state index contributed by atoms with van der Waals surface area (Å²) in [4.78, 5) is 16.3. The minimum atomic E-state index is -4.59. The smallest absolute Gasteiger partial charge is 0.417 e. The molecule has 1 fully saturated rings. The van der Waals surface area contributed by atoms with Crippen LogP contribution in [0.4, 0.5) is 18.9 Å². The average Bonchev–Trinajstić information content (AvgIpc) is 3.42. The Morgan fingerprint density at radius 2 is 1.88 bits per heavy atom. The van der Waals surface area contributed by atoms with Gasteiger partial charge in [0.25, 0.3) is 5.89 Å². The largest absolute Gasteiger partial charge is 0.459 e. The fourth-order valence-corrected chi connectivity index (χ4v) is 3.56. The highest BCUT2D eigenvalue weighted by atomic mass is 35.5. The van der Waals surface area contributed by atoms with Crippen LogP contribution in [0.5, 0.6) is 0 Å². The molecular formula is C20H19ClF3N5O3. The third-order valence-corrected chi connectivity index (χ3v) is 5.27. The predicted molar refractivity (Wildman–Crippen MR) is 109 cm³/mol. The number of benzene rings is 1. The Bertz CT molecular complexity index is 1060. The maximum atomic E-state index is 13.0. The lowest BCUT2D eigenvalue weighted by Crippen LogP contribution is -2.48. The number of furan rings is 1. The molecule has 0 spiro atoms. The summed E-state index contributed by atoms with van der Waals surface area (Å²) in [5.41, 5.74) is -0.934. The number of amides is 1. The van der Waals surface area contributed by atoms with Gasteiger partial charge in [-0.25, -0.2) is 0 Å². The molecule has 3 aromatic rings. The Hall–Kier alpha value is -2.89. The number of piperazine rings is 1. The molecule has 1 amide bonds. The van der Waals surface area contributed by atoms with E-state index in [4.69, 9.17) is 20.4 Å². The monoisotopic (exact) mass is 469 g/mol. The van der Waals surface area contributed by atoms with Crippen LogP contribution in [0.1, 0.15) is 11.5 Å². The lowest BCUT2D eigenvalue weighted by Gasteiger charge is -2.33. The van der Waals surface area contributed by atoms with Crippen molar-refractivity contribution >= 4 is 23.2 Å². The summed E-state index contributed by atoms with van der Waals surface area (Å²) in [5, 5.41) is 10.1. The van der Waals surface area contributed by atoms with Gasteiger partial charge in [-0.15, -0.1) is 10.2 Å². The van der Waals surface area contributed by atoms with Gasteiger partial charge >= 0.3 is 6.18 Å². The van der Waals surface area contributed by atoms with E-state index in [-0.39, 0.29) is 12.2 Å². The molecule has 8 nitrogen and oxygen atoms in total. The highest BCUT2D eigenvalue weighted by molar-refractivity contribution is 6.31. The molecule has 32 heavy (non-hydrogen) atoms. The fourth-order valence-electron chi connectivity index (χ4n) is 3.34. The zero-order valence-electron chi connectivity index (χ0n) is 16.7. The first-order chi connectivity index (χ1) is 15.3. The number of aromatic nitrogens is 2. The van der Waals surface area contributed by atoms with Crippen LogP contribution in [-0.2, 0) is 17.5 Å². The molecule has 0 aliphatic carbocycles. The highest BCUT2D eigenvalue weighted by Gasteiger charge is 2.33. The van der Waals surface area contributed by atoms with Gasteiger partial charge in [0.1, 0.15) is 0 Å². The Morgan fingerprint density at radius 1 is 1.12 bits per heavy atom. The SMILES string of the molecule is O=C(CN1CCN(Cc2nnc(-c3ccco3)o2)CC1)Nc1ccc(Cl)c(C(F)(F)F)c1. The van der Waals surface area contributed by atoms with E-state index in [1.54, 1.807) is 12.1 Å². The molecule has 0 atom stereocenters. The number of carbonyl (C=O) groups excluding carboxylic acids is 1. The van der Waals surface area contributed by atoms with E-state index in [0.717, 1.165) is 12.1 Å². The lowest BCUT2D eigenvalue weighted by atomic mass is 10.2. The summed E-state index contributed by atoms with van der Waals surface area (Å²) in [6, 6.07) is 6.76. The van der Waals surface area contributed by atoms with Crippen molar-refractivity contribution in [2.24, 2.45) is 0 Å². The van der Waals surface area contributed by atoms with Crippen molar-refractivity contribution in [3.63, 3.8) is 0 Å². The number of nitrogens with one attached hydrogen (secondary N) is 1. The third kappa shape index (κ3) is 5.47. The van der Waals surface area contributed by atoms with Crippen molar-refractivity contribution in [2.45, 2.75) is 12.7 Å². The number of nitrogens with zero attached hydrogens (tertiary/aromatic N) is 4. The van der Waals surface area contributed by atoms with Gasteiger partial charge in [0.05, 0.1) is 29.9 Å². The van der Waals surface area contributed by atoms with E-state index in [9.17, 15) is 18.0 Å². The molecule has 0 unspecified atom stereocenters. The minimum Gasteiger partial charge on any atom is -0.459 e. The first-order valence-electron chi connectivity index (χ1n) is 9.75. The molecule has 1 N–H and O–H groups in total. The topological polar surface area (TPSA) is 87.6 Å². The maximum Gasteiger partial charge on any atom is 0.417 e. The number of carbonyl (C=O) groups is 1. The van der Waals surface area contributed by atoms with Gasteiger partial charge in [-0.05, 0) is 30.3 Å². The van der Waals surface area contributed by atoms with Crippen LogP contribution in [0.3, 0.4) is 0 Å². The molecule has 0 radical (unpaired) electrons. The summed E-state index contributed by atoms with van der Waals surface area (Å²) < 4.78 is 49.8. The molecule has 0 saturated carbocycles. The van der Waals surface area contributed by atoms with Gasteiger partial charge < -0.3 is 14.2 Å². The van der Waals surface area contributed by atoms with E-state index < -0.39 is 22.7 Å². The Labute approximate surface area is 185 Å². The quantitative estimate of drug-likeness (QED) is 0.588. The van der Waals surface area contributed by atoms with Gasteiger partial charge in [-0.1, -0.05) is 11.6 Å². The maximum absolute atomic E-state index is 13.0. The Balaban J connectivity index is 1.25. The highest BCUT2D eigenvalue weighted by Crippen LogP contribution is 2.36. The molecule has 4 rings (SSSR count). The van der Waals surface area contributed by atoms with Crippen LogP contribution in [0, 0.1) is 0 Å². The molecule has 170 valence electrons. The number of hydrogen-bond donors (Lipinski definition) is 1. The normalized spacial score (nSPS) is 15.8. The Kier molecular flexibility index (Phi) is 6.49. The molecule has 1 aliphatic heterocycles. The van der Waals surface area contributed by atoms with E-state index in [1.807, 2.05) is 4.90 Å². The first kappa shape index (κ1) is 22.3. The van der Waals surface area contributed by atoms with E-state index in [2.05, 4.69) is 20.4 Å². The molecule has 1 saturated heterocycles. The summed E-state index contributed by atoms with van der Waals surface area (Å²) in [7, 11) is 0. The second-order valence-electron chi connectivity index (χ2n) is 7.27. The number of anilines is 1. The predicted octanol–water partition coefficient (Wildman–Crippen LogP) is 3.76. The standard InChI is InChI=1S/C20H19ClF3N5O3/c21-15-4-3-13(10-14(15)20(22,23)24)25-17(30)11-28-5-7-29(8-6-28)12-18-26-27-19(32-18)16-2-1-9-31-16/h1-4,9-10H,5-8,11-12H2,(H,25,30). The molecular weight excluding hydrogens is 451 g/mol. The lowest BCUT2D eigenvalue weighted by molar-refractivity contribution is -0.137. The second kappa shape index (κ2) is 9.31. The summed E-state index contributed by atoms with van der Waals surface area (Å²) in [6.07, 6.45) is -3.07. The number of halogens is 4. The van der Waals surface area contributed by atoms with Gasteiger partial charge in [-0.3, -0.25) is 14.6 Å². The van der Waals surface area contributed by atoms with Gasteiger partial charge in [0.15, 0.2) is 5.76 Å². The molecule has 1 aliphatic rings. The van der Waals surface area contributed by atoms with Crippen LogP contribution < -0.4 is 5.32 Å². The van der Waals surface area contributed by atoms with Crippen molar-refractivity contribution in [2.75, 3.05) is 38.0 Å². The van der Waals surface area contributed by atoms with Crippen LogP contribution in [0.25, 0.3) is 11.7 Å². The zero-order chi connectivity index (χ0) is 22.7.